The quantitative estimate of drug-likeness (QED) is 0.600. The number of hydrogen-bond acceptors (Lipinski definition) is 3. The maximum Gasteiger partial charge on any atom is 0.190 e. The molecular weight excluding hydrogens is 338 g/mol. The molecule has 3 nitrogen and oxygen atoms in total. The molecule has 122 valence electrons. The zero-order valence-corrected chi connectivity index (χ0v) is 14.8. The second kappa shape index (κ2) is 6.91. The van der Waals surface area contributed by atoms with Crippen molar-refractivity contribution >= 4 is 28.6 Å². The molecule has 2 heterocycles. The number of thiazole rings is 1. The van der Waals surface area contributed by atoms with Crippen LogP contribution in [0.2, 0.25) is 5.02 Å². The van der Waals surface area contributed by atoms with Crippen LogP contribution in [-0.4, -0.2) is 9.55 Å². The Kier molecular flexibility index (Phi) is 4.50. The van der Waals surface area contributed by atoms with Crippen LogP contribution < -0.4 is 4.80 Å². The van der Waals surface area contributed by atoms with Crippen LogP contribution in [0.5, 0.6) is 0 Å². The first-order valence-electron chi connectivity index (χ1n) is 8.22. The van der Waals surface area contributed by atoms with Crippen molar-refractivity contribution in [3.8, 4) is 11.3 Å². The lowest BCUT2D eigenvalue weighted by atomic mass is 10.1. The zero-order chi connectivity index (χ0) is 16.4. The van der Waals surface area contributed by atoms with Crippen molar-refractivity contribution in [3.63, 3.8) is 0 Å². The third-order valence-electron chi connectivity index (χ3n) is 4.42. The Morgan fingerprint density at radius 1 is 1.17 bits per heavy atom. The van der Waals surface area contributed by atoms with Crippen LogP contribution in [0.1, 0.15) is 31.7 Å². The summed E-state index contributed by atoms with van der Waals surface area (Å²) in [6.45, 7) is 0. The summed E-state index contributed by atoms with van der Waals surface area (Å²) in [6, 6.07) is 12.5. The van der Waals surface area contributed by atoms with Crippen molar-refractivity contribution in [2.24, 2.45) is 4.99 Å². The van der Waals surface area contributed by atoms with Gasteiger partial charge in [-0.15, -0.1) is 11.3 Å². The highest BCUT2D eigenvalue weighted by Gasteiger charge is 2.21. The SMILES string of the molecule is Clc1cccc(-c2csc(=Nc3cccnc3)n2C2CCCC2)c1. The molecule has 2 aromatic heterocycles. The van der Waals surface area contributed by atoms with Crippen LogP contribution in [0.3, 0.4) is 0 Å². The summed E-state index contributed by atoms with van der Waals surface area (Å²) in [5.74, 6) is 0. The molecule has 0 atom stereocenters. The minimum absolute atomic E-state index is 0.514. The highest BCUT2D eigenvalue weighted by atomic mass is 35.5. The Morgan fingerprint density at radius 2 is 2.04 bits per heavy atom. The molecule has 0 aliphatic heterocycles. The predicted octanol–water partition coefficient (Wildman–Crippen LogP) is 5.61. The molecular formula is C19H18ClN3S. The van der Waals surface area contributed by atoms with Gasteiger partial charge in [-0.05, 0) is 37.1 Å². The molecule has 1 aliphatic carbocycles. The van der Waals surface area contributed by atoms with E-state index in [0.29, 0.717) is 6.04 Å². The highest BCUT2D eigenvalue weighted by Crippen LogP contribution is 2.34. The molecule has 24 heavy (non-hydrogen) atoms. The number of halogens is 1. The van der Waals surface area contributed by atoms with Gasteiger partial charge in [0.05, 0.1) is 17.6 Å². The average Bonchev–Trinajstić information content (AvgIpc) is 3.25. The van der Waals surface area contributed by atoms with Crippen molar-refractivity contribution in [1.82, 2.24) is 9.55 Å². The summed E-state index contributed by atoms with van der Waals surface area (Å²) in [5.41, 5.74) is 3.25. The van der Waals surface area contributed by atoms with Crippen LogP contribution >= 0.6 is 22.9 Å². The first-order valence-corrected chi connectivity index (χ1v) is 9.48. The van der Waals surface area contributed by atoms with E-state index in [0.717, 1.165) is 21.1 Å². The van der Waals surface area contributed by atoms with Gasteiger partial charge in [0.2, 0.25) is 0 Å². The summed E-state index contributed by atoms with van der Waals surface area (Å²) in [6.07, 6.45) is 8.58. The first-order chi connectivity index (χ1) is 11.8. The minimum Gasteiger partial charge on any atom is -0.313 e. The van der Waals surface area contributed by atoms with E-state index in [-0.39, 0.29) is 0 Å². The van der Waals surface area contributed by atoms with E-state index >= 15 is 0 Å². The fraction of sp³-hybridized carbons (Fsp3) is 0.263. The van der Waals surface area contributed by atoms with E-state index in [1.165, 1.54) is 31.4 Å². The molecule has 0 bridgehead atoms. The number of rotatable bonds is 3. The maximum atomic E-state index is 6.21. The third kappa shape index (κ3) is 3.17. The predicted molar refractivity (Wildman–Crippen MR) is 99.7 cm³/mol. The molecule has 1 aromatic carbocycles. The second-order valence-electron chi connectivity index (χ2n) is 6.05. The Balaban J connectivity index is 1.87. The van der Waals surface area contributed by atoms with Gasteiger partial charge in [-0.3, -0.25) is 4.98 Å². The third-order valence-corrected chi connectivity index (χ3v) is 5.50. The highest BCUT2D eigenvalue weighted by molar-refractivity contribution is 7.07. The van der Waals surface area contributed by atoms with Crippen LogP contribution in [0.25, 0.3) is 11.3 Å². The topological polar surface area (TPSA) is 30.2 Å². The molecule has 1 saturated carbocycles. The van der Waals surface area contributed by atoms with Crippen molar-refractivity contribution in [1.29, 1.82) is 0 Å². The fourth-order valence-corrected chi connectivity index (χ4v) is 4.48. The largest absolute Gasteiger partial charge is 0.313 e. The Morgan fingerprint density at radius 3 is 2.79 bits per heavy atom. The minimum atomic E-state index is 0.514. The molecule has 1 aliphatic rings. The van der Waals surface area contributed by atoms with Crippen molar-refractivity contribution in [3.05, 3.63) is 64.0 Å². The number of pyridine rings is 1. The molecule has 0 N–H and O–H groups in total. The first kappa shape index (κ1) is 15.6. The van der Waals surface area contributed by atoms with Crippen LogP contribution in [0.15, 0.2) is 59.2 Å². The molecule has 3 aromatic rings. The summed E-state index contributed by atoms with van der Waals surface area (Å²) in [5, 5.41) is 2.96. The molecule has 0 radical (unpaired) electrons. The lowest BCUT2D eigenvalue weighted by molar-refractivity contribution is 0.512. The van der Waals surface area contributed by atoms with E-state index in [9.17, 15) is 0 Å². The molecule has 0 unspecified atom stereocenters. The van der Waals surface area contributed by atoms with Gasteiger partial charge in [-0.2, -0.15) is 0 Å². The average molecular weight is 356 g/mol. The monoisotopic (exact) mass is 355 g/mol. The molecule has 0 amide bonds. The number of aromatic nitrogens is 2. The standard InChI is InChI=1S/C19H18ClN3S/c20-15-6-3-5-14(11-15)18-13-24-19(22-16-7-4-10-21-12-16)23(18)17-8-1-2-9-17/h3-7,10-13,17H,1-2,8-9H2. The number of benzene rings is 1. The number of hydrogen-bond donors (Lipinski definition) is 0. The fourth-order valence-electron chi connectivity index (χ4n) is 3.31. The lowest BCUT2D eigenvalue weighted by Crippen LogP contribution is -2.19. The van der Waals surface area contributed by atoms with Crippen molar-refractivity contribution < 1.29 is 0 Å². The van der Waals surface area contributed by atoms with Crippen LogP contribution in [0, 0.1) is 0 Å². The second-order valence-corrected chi connectivity index (χ2v) is 7.32. The number of nitrogens with zero attached hydrogens (tertiary/aromatic N) is 3. The van der Waals surface area contributed by atoms with Crippen molar-refractivity contribution in [2.75, 3.05) is 0 Å². The summed E-state index contributed by atoms with van der Waals surface area (Å²) in [7, 11) is 0. The van der Waals surface area contributed by atoms with Gasteiger partial charge in [0.15, 0.2) is 4.80 Å². The molecule has 0 saturated heterocycles. The van der Waals surface area contributed by atoms with Gasteiger partial charge in [0.25, 0.3) is 0 Å². The molecule has 4 rings (SSSR count). The summed E-state index contributed by atoms with van der Waals surface area (Å²) < 4.78 is 2.40. The smallest absolute Gasteiger partial charge is 0.190 e. The van der Waals surface area contributed by atoms with E-state index in [4.69, 9.17) is 16.6 Å². The Labute approximate surface area is 150 Å². The van der Waals surface area contributed by atoms with E-state index in [1.807, 2.05) is 30.3 Å². The zero-order valence-electron chi connectivity index (χ0n) is 13.2. The normalized spacial score (nSPS) is 16.0. The van der Waals surface area contributed by atoms with E-state index in [1.54, 1.807) is 23.7 Å². The molecule has 1 fully saturated rings. The Hall–Kier alpha value is -1.91. The summed E-state index contributed by atoms with van der Waals surface area (Å²) in [4.78, 5) is 10.0. The molecule has 0 spiro atoms. The summed E-state index contributed by atoms with van der Waals surface area (Å²) >= 11 is 7.89. The van der Waals surface area contributed by atoms with Gasteiger partial charge in [-0.25, -0.2) is 4.99 Å². The van der Waals surface area contributed by atoms with Gasteiger partial charge < -0.3 is 4.57 Å². The maximum absolute atomic E-state index is 6.21. The van der Waals surface area contributed by atoms with Gasteiger partial charge in [0, 0.05) is 28.2 Å². The van der Waals surface area contributed by atoms with Gasteiger partial charge >= 0.3 is 0 Å². The van der Waals surface area contributed by atoms with Crippen LogP contribution in [0.4, 0.5) is 5.69 Å². The molecule has 5 heteroatoms. The Bertz CT molecular complexity index is 892. The van der Waals surface area contributed by atoms with Gasteiger partial charge in [-0.1, -0.05) is 36.6 Å². The van der Waals surface area contributed by atoms with E-state index in [2.05, 4.69) is 21.0 Å². The van der Waals surface area contributed by atoms with E-state index < -0.39 is 0 Å². The van der Waals surface area contributed by atoms with Gasteiger partial charge in [0.1, 0.15) is 0 Å². The van der Waals surface area contributed by atoms with Crippen molar-refractivity contribution in [2.45, 2.75) is 31.7 Å². The lowest BCUT2D eigenvalue weighted by Gasteiger charge is -2.16. The van der Waals surface area contributed by atoms with Crippen LogP contribution in [-0.2, 0) is 0 Å².